The molecule has 25 heavy (non-hydrogen) atoms. The van der Waals surface area contributed by atoms with Gasteiger partial charge in [0.2, 0.25) is 0 Å². The zero-order valence-corrected chi connectivity index (χ0v) is 16.0. The number of nitrogens with zero attached hydrogens (tertiary/aromatic N) is 2. The molecule has 2 N–H and O–H groups in total. The van der Waals surface area contributed by atoms with Gasteiger partial charge in [-0.2, -0.15) is 0 Å². The molecule has 6 nitrogen and oxygen atoms in total. The predicted molar refractivity (Wildman–Crippen MR) is 103 cm³/mol. The molecule has 0 fully saturated rings. The topological polar surface area (TPSA) is 67.8 Å². The third-order valence-electron chi connectivity index (χ3n) is 3.48. The van der Waals surface area contributed by atoms with E-state index in [0.717, 1.165) is 35.4 Å². The van der Waals surface area contributed by atoms with Crippen LogP contribution in [-0.2, 0) is 6.42 Å². The minimum absolute atomic E-state index is 0.0311. The number of thiazole rings is 1. The molecule has 1 aromatic carbocycles. The lowest BCUT2D eigenvalue weighted by Crippen LogP contribution is -2.42. The van der Waals surface area contributed by atoms with Gasteiger partial charge < -0.3 is 20.1 Å². The van der Waals surface area contributed by atoms with Crippen molar-refractivity contribution in [1.29, 1.82) is 0 Å². The molecule has 1 atom stereocenters. The Hall–Kier alpha value is -2.28. The van der Waals surface area contributed by atoms with E-state index in [9.17, 15) is 0 Å². The van der Waals surface area contributed by atoms with Crippen LogP contribution in [0.2, 0.25) is 0 Å². The highest BCUT2D eigenvalue weighted by Gasteiger charge is 2.09. The summed E-state index contributed by atoms with van der Waals surface area (Å²) >= 11 is 1.73. The molecule has 1 heterocycles. The van der Waals surface area contributed by atoms with E-state index in [1.54, 1.807) is 25.5 Å². The minimum atomic E-state index is -0.0311. The van der Waals surface area contributed by atoms with E-state index in [1.807, 2.05) is 37.4 Å². The number of benzene rings is 1. The van der Waals surface area contributed by atoms with Gasteiger partial charge in [0.05, 0.1) is 18.7 Å². The predicted octanol–water partition coefficient (Wildman–Crippen LogP) is 2.64. The molecule has 0 amide bonds. The van der Waals surface area contributed by atoms with Crippen LogP contribution in [0.15, 0.2) is 35.5 Å². The van der Waals surface area contributed by atoms with Crippen molar-refractivity contribution < 1.29 is 9.47 Å². The smallest absolute Gasteiger partial charge is 0.191 e. The molecule has 136 valence electrons. The maximum absolute atomic E-state index is 5.93. The lowest BCUT2D eigenvalue weighted by molar-refractivity contribution is 0.213. The average Bonchev–Trinajstić information content (AvgIpc) is 3.03. The largest absolute Gasteiger partial charge is 0.493 e. The number of hydrogen-bond acceptors (Lipinski definition) is 5. The fourth-order valence-electron chi connectivity index (χ4n) is 2.24. The summed E-state index contributed by atoms with van der Waals surface area (Å²) in [5, 5.41) is 7.70. The van der Waals surface area contributed by atoms with Gasteiger partial charge in [0.15, 0.2) is 17.5 Å². The molecule has 0 aliphatic heterocycles. The Morgan fingerprint density at radius 2 is 2.04 bits per heavy atom. The third kappa shape index (κ3) is 6.26. The Morgan fingerprint density at radius 1 is 1.28 bits per heavy atom. The van der Waals surface area contributed by atoms with Crippen molar-refractivity contribution in [3.8, 4) is 11.5 Å². The maximum atomic E-state index is 5.93. The van der Waals surface area contributed by atoms with E-state index in [-0.39, 0.29) is 6.10 Å². The summed E-state index contributed by atoms with van der Waals surface area (Å²) in [5.41, 5.74) is 0. The SMILES string of the molecule is CN=C(NCCc1ncc(C)s1)NCC(C)Oc1ccccc1OC. The van der Waals surface area contributed by atoms with Crippen LogP contribution in [0, 0.1) is 6.92 Å². The first-order valence-corrected chi connectivity index (χ1v) is 9.09. The second-order valence-electron chi connectivity index (χ2n) is 5.57. The zero-order chi connectivity index (χ0) is 18.1. The van der Waals surface area contributed by atoms with Crippen molar-refractivity contribution >= 4 is 17.3 Å². The second kappa shape index (κ2) is 9.88. The van der Waals surface area contributed by atoms with Crippen molar-refractivity contribution in [3.05, 3.63) is 40.3 Å². The van der Waals surface area contributed by atoms with Gasteiger partial charge in [0.1, 0.15) is 6.10 Å². The van der Waals surface area contributed by atoms with Crippen LogP contribution >= 0.6 is 11.3 Å². The first kappa shape index (κ1) is 19.1. The summed E-state index contributed by atoms with van der Waals surface area (Å²) in [5.74, 6) is 2.22. The zero-order valence-electron chi connectivity index (χ0n) is 15.2. The van der Waals surface area contributed by atoms with E-state index in [1.165, 1.54) is 4.88 Å². The van der Waals surface area contributed by atoms with Gasteiger partial charge in [-0.05, 0) is 26.0 Å². The molecule has 2 rings (SSSR count). The van der Waals surface area contributed by atoms with Crippen LogP contribution in [0.25, 0.3) is 0 Å². The van der Waals surface area contributed by atoms with Gasteiger partial charge in [-0.15, -0.1) is 11.3 Å². The summed E-state index contributed by atoms with van der Waals surface area (Å²) in [6.07, 6.45) is 2.76. The van der Waals surface area contributed by atoms with Gasteiger partial charge in [-0.1, -0.05) is 12.1 Å². The highest BCUT2D eigenvalue weighted by atomic mass is 32.1. The quantitative estimate of drug-likeness (QED) is 0.558. The molecule has 0 saturated carbocycles. The fourth-order valence-corrected chi connectivity index (χ4v) is 3.03. The van der Waals surface area contributed by atoms with Crippen LogP contribution in [0.1, 0.15) is 16.8 Å². The van der Waals surface area contributed by atoms with Crippen LogP contribution in [0.5, 0.6) is 11.5 Å². The normalized spacial score (nSPS) is 12.6. The van der Waals surface area contributed by atoms with Crippen molar-refractivity contribution in [2.45, 2.75) is 26.4 Å². The number of guanidine groups is 1. The van der Waals surface area contributed by atoms with Crippen molar-refractivity contribution in [2.24, 2.45) is 4.99 Å². The van der Waals surface area contributed by atoms with E-state index < -0.39 is 0 Å². The number of para-hydroxylation sites is 2. The molecule has 1 aromatic heterocycles. The molecular weight excluding hydrogens is 336 g/mol. The Labute approximate surface area is 153 Å². The monoisotopic (exact) mass is 362 g/mol. The minimum Gasteiger partial charge on any atom is -0.493 e. The first-order valence-electron chi connectivity index (χ1n) is 8.28. The molecule has 0 spiro atoms. The number of nitrogens with one attached hydrogen (secondary N) is 2. The van der Waals surface area contributed by atoms with Crippen LogP contribution in [-0.4, -0.2) is 44.3 Å². The van der Waals surface area contributed by atoms with E-state index in [4.69, 9.17) is 9.47 Å². The lowest BCUT2D eigenvalue weighted by atomic mass is 10.3. The Morgan fingerprint density at radius 3 is 2.68 bits per heavy atom. The van der Waals surface area contributed by atoms with Gasteiger partial charge in [-0.3, -0.25) is 4.99 Å². The molecular formula is C18H26N4O2S. The number of rotatable bonds is 8. The summed E-state index contributed by atoms with van der Waals surface area (Å²) < 4.78 is 11.2. The number of aliphatic imine (C=N–C) groups is 1. The van der Waals surface area contributed by atoms with Crippen molar-refractivity contribution in [3.63, 3.8) is 0 Å². The Kier molecular flexibility index (Phi) is 7.53. The highest BCUT2D eigenvalue weighted by molar-refractivity contribution is 7.11. The standard InChI is InChI=1S/C18H26N4O2S/c1-13(24-16-8-6-5-7-15(16)23-4)11-22-18(19-3)20-10-9-17-21-12-14(2)25-17/h5-8,12-13H,9-11H2,1-4H3,(H2,19,20,22). The van der Waals surface area contributed by atoms with Crippen LogP contribution < -0.4 is 20.1 Å². The molecule has 1 unspecified atom stereocenters. The summed E-state index contributed by atoms with van der Waals surface area (Å²) in [6.45, 7) is 5.49. The molecule has 0 radical (unpaired) electrons. The average molecular weight is 362 g/mol. The van der Waals surface area contributed by atoms with Crippen molar-refractivity contribution in [1.82, 2.24) is 15.6 Å². The Balaban J connectivity index is 1.74. The third-order valence-corrected chi connectivity index (χ3v) is 4.45. The van der Waals surface area contributed by atoms with Gasteiger partial charge in [0.25, 0.3) is 0 Å². The number of ether oxygens (including phenoxy) is 2. The molecule has 0 aliphatic carbocycles. The summed E-state index contributed by atoms with van der Waals surface area (Å²) in [7, 11) is 3.40. The summed E-state index contributed by atoms with van der Waals surface area (Å²) in [6, 6.07) is 7.64. The molecule has 0 bridgehead atoms. The number of hydrogen-bond donors (Lipinski definition) is 2. The van der Waals surface area contributed by atoms with Crippen LogP contribution in [0.4, 0.5) is 0 Å². The van der Waals surface area contributed by atoms with Crippen LogP contribution in [0.3, 0.4) is 0 Å². The summed E-state index contributed by atoms with van der Waals surface area (Å²) in [4.78, 5) is 9.83. The molecule has 7 heteroatoms. The van der Waals surface area contributed by atoms with Crippen molar-refractivity contribution in [2.75, 3.05) is 27.2 Å². The second-order valence-corrected chi connectivity index (χ2v) is 6.89. The van der Waals surface area contributed by atoms with Gasteiger partial charge in [-0.25, -0.2) is 4.98 Å². The number of methoxy groups -OCH3 is 1. The number of aromatic nitrogens is 1. The Bertz CT molecular complexity index is 687. The molecule has 2 aromatic rings. The molecule has 0 aliphatic rings. The number of aryl methyl sites for hydroxylation is 1. The van der Waals surface area contributed by atoms with Gasteiger partial charge in [0, 0.05) is 31.1 Å². The lowest BCUT2D eigenvalue weighted by Gasteiger charge is -2.19. The van der Waals surface area contributed by atoms with E-state index in [0.29, 0.717) is 6.54 Å². The fraction of sp³-hybridized carbons (Fsp3) is 0.444. The van der Waals surface area contributed by atoms with E-state index in [2.05, 4.69) is 27.5 Å². The molecule has 0 saturated heterocycles. The highest BCUT2D eigenvalue weighted by Crippen LogP contribution is 2.26. The van der Waals surface area contributed by atoms with E-state index >= 15 is 0 Å². The van der Waals surface area contributed by atoms with Gasteiger partial charge >= 0.3 is 0 Å². The first-order chi connectivity index (χ1) is 12.1. The maximum Gasteiger partial charge on any atom is 0.191 e.